The number of amidine groups is 1. The van der Waals surface area contributed by atoms with E-state index in [0.717, 1.165) is 5.56 Å². The Morgan fingerprint density at radius 3 is 2.25 bits per heavy atom. The third kappa shape index (κ3) is 2.95. The van der Waals surface area contributed by atoms with Gasteiger partial charge in [0.05, 0.1) is 5.56 Å². The smallest absolute Gasteiger partial charge is 0.343 e. The Kier molecular flexibility index (Phi) is 3.70. The highest BCUT2D eigenvalue weighted by atomic mass is 16.5. The first-order chi connectivity index (χ1) is 9.47. The van der Waals surface area contributed by atoms with Gasteiger partial charge >= 0.3 is 5.97 Å². The molecule has 2 rings (SSSR count). The van der Waals surface area contributed by atoms with Crippen molar-refractivity contribution in [3.63, 3.8) is 0 Å². The minimum absolute atomic E-state index is 0.0305. The predicted octanol–water partition coefficient (Wildman–Crippen LogP) is 2.08. The minimum atomic E-state index is -0.455. The van der Waals surface area contributed by atoms with Gasteiger partial charge < -0.3 is 16.2 Å². The van der Waals surface area contributed by atoms with E-state index in [0.29, 0.717) is 22.6 Å². The molecule has 102 valence electrons. The summed E-state index contributed by atoms with van der Waals surface area (Å²) in [5, 5.41) is 7.28. The van der Waals surface area contributed by atoms with Crippen molar-refractivity contribution >= 4 is 17.5 Å². The SMILES string of the molecule is Cc1cc(C(=O)Oc2ccc(C(=N)N)cc2)ccc1N. The summed E-state index contributed by atoms with van der Waals surface area (Å²) in [5.74, 6) is -0.0878. The molecule has 0 saturated carbocycles. The molecule has 0 radical (unpaired) electrons. The number of ether oxygens (including phenoxy) is 1. The molecule has 20 heavy (non-hydrogen) atoms. The number of nitrogens with one attached hydrogen (secondary N) is 1. The summed E-state index contributed by atoms with van der Waals surface area (Å²) in [5.41, 5.74) is 13.5. The topological polar surface area (TPSA) is 102 Å². The molecule has 0 saturated heterocycles. The molecule has 0 amide bonds. The zero-order chi connectivity index (χ0) is 14.7. The predicted molar refractivity (Wildman–Crippen MR) is 78.0 cm³/mol. The Hall–Kier alpha value is -2.82. The van der Waals surface area contributed by atoms with Gasteiger partial charge in [-0.3, -0.25) is 5.41 Å². The minimum Gasteiger partial charge on any atom is -0.423 e. The van der Waals surface area contributed by atoms with Crippen molar-refractivity contribution in [1.29, 1.82) is 5.41 Å². The van der Waals surface area contributed by atoms with Crippen LogP contribution in [0, 0.1) is 12.3 Å². The quantitative estimate of drug-likeness (QED) is 0.261. The van der Waals surface area contributed by atoms with E-state index in [1.165, 1.54) is 0 Å². The first-order valence-electron chi connectivity index (χ1n) is 6.00. The first-order valence-corrected chi connectivity index (χ1v) is 6.00. The molecular formula is C15H15N3O2. The van der Waals surface area contributed by atoms with Crippen LogP contribution in [0.25, 0.3) is 0 Å². The Morgan fingerprint density at radius 1 is 1.10 bits per heavy atom. The molecule has 5 nitrogen and oxygen atoms in total. The van der Waals surface area contributed by atoms with Crippen LogP contribution in [0.3, 0.4) is 0 Å². The number of hydrogen-bond acceptors (Lipinski definition) is 4. The molecule has 5 N–H and O–H groups in total. The molecule has 0 unspecified atom stereocenters. The second kappa shape index (κ2) is 5.44. The number of carbonyl (C=O) groups excluding carboxylic acids is 1. The van der Waals surface area contributed by atoms with Crippen molar-refractivity contribution in [3.05, 3.63) is 59.2 Å². The normalized spacial score (nSPS) is 10.1. The average molecular weight is 269 g/mol. The lowest BCUT2D eigenvalue weighted by atomic mass is 10.1. The molecule has 0 aliphatic carbocycles. The van der Waals surface area contributed by atoms with Crippen LogP contribution in [0.5, 0.6) is 5.75 Å². The molecule has 0 aromatic heterocycles. The van der Waals surface area contributed by atoms with Crippen LogP contribution in [0.4, 0.5) is 5.69 Å². The molecule has 5 heteroatoms. The maximum Gasteiger partial charge on any atom is 0.343 e. The lowest BCUT2D eigenvalue weighted by molar-refractivity contribution is 0.0734. The molecule has 0 atom stereocenters. The van der Waals surface area contributed by atoms with Crippen molar-refractivity contribution in [2.75, 3.05) is 5.73 Å². The van der Waals surface area contributed by atoms with E-state index >= 15 is 0 Å². The Balaban J connectivity index is 2.14. The van der Waals surface area contributed by atoms with Crippen molar-refractivity contribution in [2.45, 2.75) is 6.92 Å². The van der Waals surface area contributed by atoms with E-state index in [1.807, 2.05) is 6.92 Å². The zero-order valence-electron chi connectivity index (χ0n) is 11.0. The average Bonchev–Trinajstić information content (AvgIpc) is 2.42. The van der Waals surface area contributed by atoms with Crippen LogP contribution < -0.4 is 16.2 Å². The molecule has 0 bridgehead atoms. The number of benzene rings is 2. The maximum atomic E-state index is 12.0. The summed E-state index contributed by atoms with van der Waals surface area (Å²) >= 11 is 0. The molecular weight excluding hydrogens is 254 g/mol. The van der Waals surface area contributed by atoms with E-state index in [1.54, 1.807) is 42.5 Å². The van der Waals surface area contributed by atoms with Crippen LogP contribution in [-0.4, -0.2) is 11.8 Å². The molecule has 0 fully saturated rings. The summed E-state index contributed by atoms with van der Waals surface area (Å²) < 4.78 is 5.24. The number of anilines is 1. The molecule has 2 aromatic rings. The summed E-state index contributed by atoms with van der Waals surface area (Å²) in [7, 11) is 0. The van der Waals surface area contributed by atoms with Gasteiger partial charge in [-0.2, -0.15) is 0 Å². The second-order valence-electron chi connectivity index (χ2n) is 4.40. The van der Waals surface area contributed by atoms with E-state index in [-0.39, 0.29) is 5.84 Å². The van der Waals surface area contributed by atoms with E-state index in [2.05, 4.69) is 0 Å². The Morgan fingerprint density at radius 2 is 1.70 bits per heavy atom. The van der Waals surface area contributed by atoms with Crippen LogP contribution in [0.1, 0.15) is 21.5 Å². The molecule has 2 aromatic carbocycles. The Bertz CT molecular complexity index is 663. The number of rotatable bonds is 3. The van der Waals surface area contributed by atoms with Crippen LogP contribution in [0.2, 0.25) is 0 Å². The highest BCUT2D eigenvalue weighted by Gasteiger charge is 2.10. The Labute approximate surface area is 116 Å². The maximum absolute atomic E-state index is 12.0. The summed E-state index contributed by atoms with van der Waals surface area (Å²) in [6, 6.07) is 11.4. The number of hydrogen-bond donors (Lipinski definition) is 3. The fourth-order valence-electron chi connectivity index (χ4n) is 1.67. The van der Waals surface area contributed by atoms with Gasteiger partial charge in [0, 0.05) is 11.3 Å². The van der Waals surface area contributed by atoms with Gasteiger partial charge in [-0.1, -0.05) is 0 Å². The van der Waals surface area contributed by atoms with Gasteiger partial charge in [-0.15, -0.1) is 0 Å². The fourth-order valence-corrected chi connectivity index (χ4v) is 1.67. The number of nitrogens with two attached hydrogens (primary N) is 2. The summed E-state index contributed by atoms with van der Waals surface area (Å²) in [6.07, 6.45) is 0. The largest absolute Gasteiger partial charge is 0.423 e. The van der Waals surface area contributed by atoms with Crippen molar-refractivity contribution in [2.24, 2.45) is 5.73 Å². The molecule has 0 aliphatic heterocycles. The monoisotopic (exact) mass is 269 g/mol. The molecule has 0 heterocycles. The molecule has 0 spiro atoms. The van der Waals surface area contributed by atoms with Crippen LogP contribution in [-0.2, 0) is 0 Å². The third-order valence-corrected chi connectivity index (χ3v) is 2.88. The van der Waals surface area contributed by atoms with Gasteiger partial charge in [0.25, 0.3) is 0 Å². The van der Waals surface area contributed by atoms with Gasteiger partial charge in [0.15, 0.2) is 0 Å². The van der Waals surface area contributed by atoms with E-state index in [9.17, 15) is 4.79 Å². The van der Waals surface area contributed by atoms with E-state index in [4.69, 9.17) is 21.6 Å². The number of esters is 1. The second-order valence-corrected chi connectivity index (χ2v) is 4.40. The summed E-state index contributed by atoms with van der Waals surface area (Å²) in [6.45, 7) is 1.83. The van der Waals surface area contributed by atoms with Crippen molar-refractivity contribution < 1.29 is 9.53 Å². The van der Waals surface area contributed by atoms with Gasteiger partial charge in [0.1, 0.15) is 11.6 Å². The molecule has 0 aliphatic rings. The standard InChI is InChI=1S/C15H15N3O2/c1-9-8-11(4-7-13(9)16)15(19)20-12-5-2-10(3-6-12)14(17)18/h2-8H,16H2,1H3,(H3,17,18). The fraction of sp³-hybridized carbons (Fsp3) is 0.0667. The van der Waals surface area contributed by atoms with Crippen LogP contribution in [0.15, 0.2) is 42.5 Å². The van der Waals surface area contributed by atoms with Crippen molar-refractivity contribution in [1.82, 2.24) is 0 Å². The number of carbonyl (C=O) groups is 1. The highest BCUT2D eigenvalue weighted by Crippen LogP contribution is 2.17. The van der Waals surface area contributed by atoms with Crippen molar-refractivity contribution in [3.8, 4) is 5.75 Å². The van der Waals surface area contributed by atoms with Gasteiger partial charge in [-0.25, -0.2) is 4.79 Å². The highest BCUT2D eigenvalue weighted by molar-refractivity contribution is 5.95. The zero-order valence-corrected chi connectivity index (χ0v) is 11.0. The number of aryl methyl sites for hydroxylation is 1. The summed E-state index contributed by atoms with van der Waals surface area (Å²) in [4.78, 5) is 12.0. The lowest BCUT2D eigenvalue weighted by Crippen LogP contribution is -2.11. The van der Waals surface area contributed by atoms with Gasteiger partial charge in [0.2, 0.25) is 0 Å². The van der Waals surface area contributed by atoms with E-state index < -0.39 is 5.97 Å². The van der Waals surface area contributed by atoms with Gasteiger partial charge in [-0.05, 0) is 55.0 Å². The third-order valence-electron chi connectivity index (χ3n) is 2.88. The lowest BCUT2D eigenvalue weighted by Gasteiger charge is -2.07. The number of nitrogen functional groups attached to an aromatic ring is 2. The first kappa shape index (κ1) is 13.6. The van der Waals surface area contributed by atoms with Crippen LogP contribution >= 0.6 is 0 Å².